The third-order valence-corrected chi connectivity index (χ3v) is 8.22. The smallest absolute Gasteiger partial charge is 0.333 e. The van der Waals surface area contributed by atoms with E-state index in [1.165, 1.54) is 35.1 Å². The molecule has 1 saturated heterocycles. The van der Waals surface area contributed by atoms with Gasteiger partial charge < -0.3 is 4.90 Å². The molecule has 0 N–H and O–H groups in total. The first-order chi connectivity index (χ1) is 18.3. The Morgan fingerprint density at radius 2 is 1.97 bits per heavy atom. The van der Waals surface area contributed by atoms with Crippen LogP contribution in [0.25, 0.3) is 11.1 Å². The van der Waals surface area contributed by atoms with Gasteiger partial charge in [-0.3, -0.25) is 14.4 Å². The molecule has 3 aromatic rings. The predicted octanol–water partition coefficient (Wildman–Crippen LogP) is 5.65. The van der Waals surface area contributed by atoms with Crippen molar-refractivity contribution < 1.29 is 18.0 Å². The third-order valence-electron chi connectivity index (χ3n) is 7.18. The van der Waals surface area contributed by atoms with Gasteiger partial charge in [0.25, 0.3) is 0 Å². The van der Waals surface area contributed by atoms with Crippen LogP contribution < -0.4 is 0 Å². The van der Waals surface area contributed by atoms with E-state index in [1.54, 1.807) is 36.1 Å². The summed E-state index contributed by atoms with van der Waals surface area (Å²) in [7, 11) is 0. The summed E-state index contributed by atoms with van der Waals surface area (Å²) in [4.78, 5) is 18.6. The maximum Gasteiger partial charge on any atom is 0.435 e. The van der Waals surface area contributed by atoms with Crippen molar-refractivity contribution in [2.45, 2.75) is 44.9 Å². The Labute approximate surface area is 223 Å². The van der Waals surface area contributed by atoms with Gasteiger partial charge in [-0.25, -0.2) is 0 Å². The second kappa shape index (κ2) is 10.8. The van der Waals surface area contributed by atoms with Crippen LogP contribution in [0.3, 0.4) is 0 Å². The summed E-state index contributed by atoms with van der Waals surface area (Å²) in [5.74, 6) is -0.519. The zero-order valence-electron chi connectivity index (χ0n) is 21.0. The summed E-state index contributed by atoms with van der Waals surface area (Å²) in [5.41, 5.74) is 1.08. The summed E-state index contributed by atoms with van der Waals surface area (Å²) >= 11 is 1.33. The highest BCUT2D eigenvalue weighted by atomic mass is 32.1. The van der Waals surface area contributed by atoms with E-state index in [4.69, 9.17) is 0 Å². The second-order valence-electron chi connectivity index (χ2n) is 9.61. The third kappa shape index (κ3) is 5.26. The highest BCUT2D eigenvalue weighted by Crippen LogP contribution is 2.44. The average Bonchev–Trinajstić information content (AvgIpc) is 3.67. The zero-order chi connectivity index (χ0) is 26.9. The molecule has 6 nitrogen and oxygen atoms in total. The molecule has 38 heavy (non-hydrogen) atoms. The zero-order valence-corrected chi connectivity index (χ0v) is 21.9. The number of aryl methyl sites for hydroxylation is 1. The van der Waals surface area contributed by atoms with Crippen molar-refractivity contribution >= 4 is 17.2 Å². The van der Waals surface area contributed by atoms with Crippen LogP contribution in [0.15, 0.2) is 48.7 Å². The van der Waals surface area contributed by atoms with Crippen molar-refractivity contribution in [3.05, 3.63) is 75.3 Å². The molecule has 2 aliphatic rings. The van der Waals surface area contributed by atoms with E-state index in [1.807, 2.05) is 18.2 Å². The minimum absolute atomic E-state index is 0.0150. The molecule has 1 aromatic carbocycles. The summed E-state index contributed by atoms with van der Waals surface area (Å²) in [5, 5.41) is 13.4. The number of halogens is 3. The van der Waals surface area contributed by atoms with Gasteiger partial charge in [-0.05, 0) is 55.6 Å². The molecular formula is C28H28F3N5OS. The maximum atomic E-state index is 14.0. The Bertz CT molecular complexity index is 1390. The second-order valence-corrected chi connectivity index (χ2v) is 10.8. The molecule has 0 aliphatic carbocycles. The van der Waals surface area contributed by atoms with E-state index in [-0.39, 0.29) is 17.4 Å². The number of carbonyl (C=O) groups is 1. The predicted molar refractivity (Wildman–Crippen MR) is 139 cm³/mol. The fraction of sp³-hybridized carbons (Fsp3) is 0.393. The number of thiophene rings is 1. The molecule has 0 saturated carbocycles. The Morgan fingerprint density at radius 1 is 1.21 bits per heavy atom. The number of nitrogens with zero attached hydrogens (tertiary/aromatic N) is 5. The monoisotopic (exact) mass is 539 g/mol. The topological polar surface area (TPSA) is 65.2 Å². The highest BCUT2D eigenvalue weighted by molar-refractivity contribution is 7.12. The number of likely N-dealkylation sites (tertiary alicyclic amines) is 1. The van der Waals surface area contributed by atoms with Gasteiger partial charge in [0.2, 0.25) is 5.91 Å². The van der Waals surface area contributed by atoms with Crippen molar-refractivity contribution in [3.8, 4) is 17.2 Å². The number of carbonyl (C=O) groups excluding carboxylic acids is 1. The quantitative estimate of drug-likeness (QED) is 0.380. The molecule has 1 atom stereocenters. The van der Waals surface area contributed by atoms with Gasteiger partial charge >= 0.3 is 6.18 Å². The molecule has 10 heteroatoms. The fourth-order valence-corrected chi connectivity index (χ4v) is 6.35. The Balaban J connectivity index is 1.52. The van der Waals surface area contributed by atoms with Crippen LogP contribution in [0.2, 0.25) is 0 Å². The van der Waals surface area contributed by atoms with Crippen LogP contribution >= 0.6 is 11.3 Å². The van der Waals surface area contributed by atoms with Crippen LogP contribution in [0.1, 0.15) is 52.3 Å². The van der Waals surface area contributed by atoms with E-state index in [0.29, 0.717) is 35.6 Å². The van der Waals surface area contributed by atoms with E-state index in [2.05, 4.69) is 16.1 Å². The molecule has 0 radical (unpaired) electrons. The van der Waals surface area contributed by atoms with Crippen molar-refractivity contribution in [2.75, 3.05) is 26.2 Å². The maximum absolute atomic E-state index is 14.0. The average molecular weight is 540 g/mol. The van der Waals surface area contributed by atoms with Gasteiger partial charge in [0.05, 0.1) is 6.54 Å². The first-order valence-electron chi connectivity index (χ1n) is 12.7. The van der Waals surface area contributed by atoms with Gasteiger partial charge in [0.15, 0.2) is 5.69 Å². The SMILES string of the molecule is CCn1cc(-c2ccccc2C2CN(C(=O)/C=C/CN3CCCC3)Cc3sc(C#N)cc32)c(C(F)(F)F)n1. The van der Waals surface area contributed by atoms with E-state index >= 15 is 0 Å². The lowest BCUT2D eigenvalue weighted by Gasteiger charge is -2.33. The number of benzene rings is 1. The lowest BCUT2D eigenvalue weighted by Crippen LogP contribution is -2.37. The van der Waals surface area contributed by atoms with Crippen molar-refractivity contribution in [2.24, 2.45) is 0 Å². The largest absolute Gasteiger partial charge is 0.435 e. The molecular weight excluding hydrogens is 511 g/mol. The summed E-state index contributed by atoms with van der Waals surface area (Å²) in [6, 6.07) is 11.0. The number of nitriles is 1. The molecule has 2 aromatic heterocycles. The summed E-state index contributed by atoms with van der Waals surface area (Å²) in [6.07, 6.45) is 2.64. The van der Waals surface area contributed by atoms with Crippen molar-refractivity contribution in [1.29, 1.82) is 5.26 Å². The van der Waals surface area contributed by atoms with Crippen LogP contribution in [-0.2, 0) is 24.1 Å². The number of alkyl halides is 3. The van der Waals surface area contributed by atoms with Gasteiger partial charge in [-0.15, -0.1) is 11.3 Å². The lowest BCUT2D eigenvalue weighted by molar-refractivity contribution is -0.141. The fourth-order valence-electron chi connectivity index (χ4n) is 5.32. The number of hydrogen-bond donors (Lipinski definition) is 0. The molecule has 1 amide bonds. The normalized spacial score (nSPS) is 18.2. The highest BCUT2D eigenvalue weighted by Gasteiger charge is 2.39. The standard InChI is InChI=1S/C28H28F3N5OS/c1-2-36-17-24(27(33-36)28(29,30)31)21-9-4-3-8-20(21)23-16-35(18-25-22(23)14-19(15-32)38-25)26(37)10-7-13-34-11-5-6-12-34/h3-4,7-10,14,17,23H,2,5-6,11-13,16,18H2,1H3/b10-7+. The molecule has 1 fully saturated rings. The summed E-state index contributed by atoms with van der Waals surface area (Å²) in [6.45, 7) is 5.51. The Kier molecular flexibility index (Phi) is 7.41. The number of hydrogen-bond acceptors (Lipinski definition) is 5. The van der Waals surface area contributed by atoms with E-state index in [9.17, 15) is 23.2 Å². The molecule has 0 bridgehead atoms. The van der Waals surface area contributed by atoms with Crippen LogP contribution in [0.4, 0.5) is 13.2 Å². The number of rotatable bonds is 6. The molecule has 1 unspecified atom stereocenters. The lowest BCUT2D eigenvalue weighted by atomic mass is 9.83. The number of aromatic nitrogens is 2. The van der Waals surface area contributed by atoms with Crippen LogP contribution in [-0.4, -0.2) is 51.7 Å². The van der Waals surface area contributed by atoms with Gasteiger partial charge in [-0.2, -0.15) is 23.5 Å². The Hall–Kier alpha value is -3.42. The minimum Gasteiger partial charge on any atom is -0.333 e. The first-order valence-corrected chi connectivity index (χ1v) is 13.5. The molecule has 0 spiro atoms. The molecule has 4 heterocycles. The van der Waals surface area contributed by atoms with Gasteiger partial charge in [0, 0.05) is 48.3 Å². The molecule has 2 aliphatic heterocycles. The van der Waals surface area contributed by atoms with Crippen molar-refractivity contribution in [3.63, 3.8) is 0 Å². The summed E-state index contributed by atoms with van der Waals surface area (Å²) < 4.78 is 43.2. The Morgan fingerprint density at radius 3 is 2.68 bits per heavy atom. The van der Waals surface area contributed by atoms with E-state index < -0.39 is 11.9 Å². The van der Waals surface area contributed by atoms with Crippen molar-refractivity contribution in [1.82, 2.24) is 19.6 Å². The molecule has 198 valence electrons. The van der Waals surface area contributed by atoms with E-state index in [0.717, 1.165) is 30.1 Å². The van der Waals surface area contributed by atoms with Crippen LogP contribution in [0.5, 0.6) is 0 Å². The molecule has 5 rings (SSSR count). The number of fused-ring (bicyclic) bond motifs is 1. The van der Waals surface area contributed by atoms with Gasteiger partial charge in [0.1, 0.15) is 10.9 Å². The first kappa shape index (κ1) is 26.2. The van der Waals surface area contributed by atoms with Gasteiger partial charge in [-0.1, -0.05) is 30.3 Å². The van der Waals surface area contributed by atoms with Crippen LogP contribution in [0, 0.1) is 11.3 Å². The minimum atomic E-state index is -4.61. The number of amides is 1.